The van der Waals surface area contributed by atoms with Crippen molar-refractivity contribution in [3.8, 4) is 16.9 Å². The van der Waals surface area contributed by atoms with Crippen LogP contribution in [0.4, 0.5) is 0 Å². The predicted octanol–water partition coefficient (Wildman–Crippen LogP) is 3.97. The minimum absolute atomic E-state index is 0.0365. The first-order valence-corrected chi connectivity index (χ1v) is 11.4. The van der Waals surface area contributed by atoms with Crippen LogP contribution >= 0.6 is 11.6 Å². The van der Waals surface area contributed by atoms with E-state index in [0.717, 1.165) is 11.1 Å². The van der Waals surface area contributed by atoms with Gasteiger partial charge in [-0.15, -0.1) is 0 Å². The van der Waals surface area contributed by atoms with Crippen LogP contribution in [0.1, 0.15) is 23.8 Å². The van der Waals surface area contributed by atoms with Gasteiger partial charge in [-0.05, 0) is 35.7 Å². The lowest BCUT2D eigenvalue weighted by molar-refractivity contribution is -0.123. The summed E-state index contributed by atoms with van der Waals surface area (Å²) in [7, 11) is 0. The van der Waals surface area contributed by atoms with Crippen molar-refractivity contribution in [3.05, 3.63) is 93.9 Å². The van der Waals surface area contributed by atoms with Gasteiger partial charge >= 0.3 is 0 Å². The minimum atomic E-state index is -0.648. The second kappa shape index (κ2) is 10.8. The van der Waals surface area contributed by atoms with Gasteiger partial charge in [-0.25, -0.2) is 4.68 Å². The van der Waals surface area contributed by atoms with Crippen molar-refractivity contribution in [1.82, 2.24) is 20.6 Å². The quantitative estimate of drug-likeness (QED) is 0.382. The average Bonchev–Trinajstić information content (AvgIpc) is 2.88. The van der Waals surface area contributed by atoms with Crippen molar-refractivity contribution in [2.24, 2.45) is 0 Å². The largest absolute Gasteiger partial charge is 0.482 e. The number of carbonyl (C=O) groups excluding carboxylic acids is 2. The van der Waals surface area contributed by atoms with Crippen molar-refractivity contribution >= 4 is 34.2 Å². The number of nitrogens with zero attached hydrogens (tertiary/aromatic N) is 2. The van der Waals surface area contributed by atoms with Gasteiger partial charge in [-0.1, -0.05) is 73.1 Å². The number of carbonyl (C=O) groups is 2. The van der Waals surface area contributed by atoms with Crippen LogP contribution < -0.4 is 21.1 Å². The molecule has 0 bridgehead atoms. The van der Waals surface area contributed by atoms with E-state index in [0.29, 0.717) is 34.5 Å². The van der Waals surface area contributed by atoms with Crippen LogP contribution in [0.25, 0.3) is 21.9 Å². The standard InChI is InChI=1S/C26H23ClN4O4/c1-2-14-31-26(34)20-11-7-6-10-19(20)24(30-31)25(33)29-28-23(32)16-35-22-13-12-18(15-21(22)27)17-8-4-3-5-9-17/h3-13,15H,2,14,16H2,1H3,(H,28,32)(H,29,33). The van der Waals surface area contributed by atoms with Crippen LogP contribution in [0.2, 0.25) is 5.02 Å². The summed E-state index contributed by atoms with van der Waals surface area (Å²) in [6.45, 7) is 1.91. The Balaban J connectivity index is 1.40. The lowest BCUT2D eigenvalue weighted by Gasteiger charge is -2.12. The molecule has 8 nitrogen and oxygen atoms in total. The number of halogens is 1. The summed E-state index contributed by atoms with van der Waals surface area (Å²) in [5.74, 6) is -0.899. The van der Waals surface area contributed by atoms with E-state index in [1.807, 2.05) is 43.3 Å². The molecule has 0 aliphatic carbocycles. The molecular formula is C26H23ClN4O4. The predicted molar refractivity (Wildman–Crippen MR) is 134 cm³/mol. The van der Waals surface area contributed by atoms with Crippen molar-refractivity contribution in [2.45, 2.75) is 19.9 Å². The molecule has 1 aromatic heterocycles. The van der Waals surface area contributed by atoms with Crippen LogP contribution in [0.5, 0.6) is 5.75 Å². The number of hydrazine groups is 1. The van der Waals surface area contributed by atoms with Gasteiger partial charge in [0, 0.05) is 11.9 Å². The zero-order chi connectivity index (χ0) is 24.8. The van der Waals surface area contributed by atoms with Crippen molar-refractivity contribution in [2.75, 3.05) is 6.61 Å². The maximum Gasteiger partial charge on any atom is 0.290 e. The number of fused-ring (bicyclic) bond motifs is 1. The molecule has 35 heavy (non-hydrogen) atoms. The molecule has 0 aliphatic rings. The molecule has 9 heteroatoms. The number of hydrogen-bond acceptors (Lipinski definition) is 5. The summed E-state index contributed by atoms with van der Waals surface area (Å²) < 4.78 is 6.76. The number of amides is 2. The highest BCUT2D eigenvalue weighted by molar-refractivity contribution is 6.32. The molecule has 0 aliphatic heterocycles. The number of benzene rings is 3. The Labute approximate surface area is 206 Å². The third-order valence-electron chi connectivity index (χ3n) is 5.23. The molecule has 0 unspecified atom stereocenters. The fraction of sp³-hybridized carbons (Fsp3) is 0.154. The van der Waals surface area contributed by atoms with Gasteiger partial charge in [0.1, 0.15) is 5.75 Å². The molecule has 0 saturated heterocycles. The van der Waals surface area contributed by atoms with Crippen LogP contribution in [-0.4, -0.2) is 28.2 Å². The smallest absolute Gasteiger partial charge is 0.290 e. The highest BCUT2D eigenvalue weighted by Gasteiger charge is 2.17. The molecule has 0 radical (unpaired) electrons. The molecule has 0 saturated carbocycles. The van der Waals surface area contributed by atoms with E-state index in [-0.39, 0.29) is 17.9 Å². The zero-order valence-electron chi connectivity index (χ0n) is 19.0. The molecular weight excluding hydrogens is 468 g/mol. The van der Waals surface area contributed by atoms with Crippen LogP contribution in [0.3, 0.4) is 0 Å². The first kappa shape index (κ1) is 24.0. The fourth-order valence-corrected chi connectivity index (χ4v) is 3.79. The van der Waals surface area contributed by atoms with Crippen molar-refractivity contribution in [1.29, 1.82) is 0 Å². The molecule has 0 atom stereocenters. The lowest BCUT2D eigenvalue weighted by atomic mass is 10.1. The van der Waals surface area contributed by atoms with Gasteiger partial charge in [0.25, 0.3) is 17.4 Å². The summed E-state index contributed by atoms with van der Waals surface area (Å²) in [6, 6.07) is 21.7. The van der Waals surface area contributed by atoms with Gasteiger partial charge in [-0.2, -0.15) is 5.10 Å². The molecule has 1 heterocycles. The Morgan fingerprint density at radius 2 is 1.66 bits per heavy atom. The lowest BCUT2D eigenvalue weighted by Crippen LogP contribution is -2.44. The highest BCUT2D eigenvalue weighted by Crippen LogP contribution is 2.30. The normalized spacial score (nSPS) is 10.7. The van der Waals surface area contributed by atoms with Gasteiger partial charge in [-0.3, -0.25) is 25.2 Å². The molecule has 0 fully saturated rings. The van der Waals surface area contributed by atoms with Crippen LogP contribution in [0.15, 0.2) is 77.6 Å². The number of aromatic nitrogens is 2. The molecule has 2 N–H and O–H groups in total. The first-order chi connectivity index (χ1) is 17.0. The summed E-state index contributed by atoms with van der Waals surface area (Å²) in [6.07, 6.45) is 0.676. The molecule has 4 aromatic rings. The van der Waals surface area contributed by atoms with E-state index in [1.54, 1.807) is 36.4 Å². The molecule has 0 spiro atoms. The summed E-state index contributed by atoms with van der Waals surface area (Å²) in [5, 5.41) is 5.34. The third kappa shape index (κ3) is 5.50. The van der Waals surface area contributed by atoms with Crippen LogP contribution in [0, 0.1) is 0 Å². The number of hydrogen-bond donors (Lipinski definition) is 2. The Morgan fingerprint density at radius 3 is 2.37 bits per heavy atom. The number of aryl methyl sites for hydroxylation is 1. The summed E-state index contributed by atoms with van der Waals surface area (Å²) in [5.41, 5.74) is 6.33. The third-order valence-corrected chi connectivity index (χ3v) is 5.53. The Morgan fingerprint density at radius 1 is 0.943 bits per heavy atom. The van der Waals surface area contributed by atoms with Crippen molar-refractivity contribution in [3.63, 3.8) is 0 Å². The second-order valence-electron chi connectivity index (χ2n) is 7.72. The second-order valence-corrected chi connectivity index (χ2v) is 8.13. The molecule has 3 aromatic carbocycles. The molecule has 2 amide bonds. The van der Waals surface area contributed by atoms with E-state index in [1.165, 1.54) is 4.68 Å². The van der Waals surface area contributed by atoms with Crippen LogP contribution in [-0.2, 0) is 11.3 Å². The summed E-state index contributed by atoms with van der Waals surface area (Å²) >= 11 is 6.32. The number of ether oxygens (including phenoxy) is 1. The summed E-state index contributed by atoms with van der Waals surface area (Å²) in [4.78, 5) is 37.6. The Bertz CT molecular complexity index is 1440. The van der Waals surface area contributed by atoms with Gasteiger partial charge in [0.2, 0.25) is 0 Å². The number of nitrogens with one attached hydrogen (secondary N) is 2. The first-order valence-electron chi connectivity index (χ1n) is 11.0. The zero-order valence-corrected chi connectivity index (χ0v) is 19.7. The SMILES string of the molecule is CCCn1nc(C(=O)NNC(=O)COc2ccc(-c3ccccc3)cc2Cl)c2ccccc2c1=O. The highest BCUT2D eigenvalue weighted by atomic mass is 35.5. The van der Waals surface area contributed by atoms with E-state index < -0.39 is 11.8 Å². The van der Waals surface area contributed by atoms with Gasteiger partial charge in [0.15, 0.2) is 12.3 Å². The van der Waals surface area contributed by atoms with Gasteiger partial charge in [0.05, 0.1) is 10.4 Å². The maximum absolute atomic E-state index is 12.8. The Kier molecular flexibility index (Phi) is 7.42. The van der Waals surface area contributed by atoms with Gasteiger partial charge < -0.3 is 4.74 Å². The van der Waals surface area contributed by atoms with E-state index in [4.69, 9.17) is 16.3 Å². The average molecular weight is 491 g/mol. The Hall–Kier alpha value is -4.17. The van der Waals surface area contributed by atoms with Crippen molar-refractivity contribution < 1.29 is 14.3 Å². The molecule has 4 rings (SSSR count). The monoisotopic (exact) mass is 490 g/mol. The minimum Gasteiger partial charge on any atom is -0.482 e. The maximum atomic E-state index is 12.8. The fourth-order valence-electron chi connectivity index (χ4n) is 3.56. The topological polar surface area (TPSA) is 102 Å². The van der Waals surface area contributed by atoms with E-state index in [2.05, 4.69) is 16.0 Å². The van der Waals surface area contributed by atoms with E-state index in [9.17, 15) is 14.4 Å². The number of rotatable bonds is 7. The van der Waals surface area contributed by atoms with E-state index >= 15 is 0 Å². The molecule has 178 valence electrons.